The first-order valence-electron chi connectivity index (χ1n) is 5.86. The van der Waals surface area contributed by atoms with Crippen LogP contribution in [0.1, 0.15) is 46.5 Å². The van der Waals surface area contributed by atoms with Gasteiger partial charge in [0.05, 0.1) is 0 Å². The normalized spacial score (nSPS) is 31.1. The number of rotatable bonds is 4. The van der Waals surface area contributed by atoms with Gasteiger partial charge >= 0.3 is 0 Å². The van der Waals surface area contributed by atoms with Crippen molar-refractivity contribution >= 4 is 18.2 Å². The average molecular weight is 247 g/mol. The van der Waals surface area contributed by atoms with Crippen LogP contribution in [0.25, 0.3) is 0 Å². The van der Waals surface area contributed by atoms with Crippen molar-refractivity contribution in [2.24, 2.45) is 0 Å². The van der Waals surface area contributed by atoms with Gasteiger partial charge in [0.1, 0.15) is 6.17 Å². The van der Waals surface area contributed by atoms with E-state index in [0.29, 0.717) is 12.8 Å². The van der Waals surface area contributed by atoms with E-state index in [2.05, 4.69) is 26.1 Å². The zero-order valence-electron chi connectivity index (χ0n) is 10.4. The molecule has 16 heavy (non-hydrogen) atoms. The Morgan fingerprint density at radius 1 is 1.44 bits per heavy atom. The van der Waals surface area contributed by atoms with Crippen molar-refractivity contribution < 1.29 is 9.18 Å². The quantitative estimate of drug-likeness (QED) is 0.774. The van der Waals surface area contributed by atoms with Gasteiger partial charge < -0.3 is 5.32 Å². The van der Waals surface area contributed by atoms with E-state index in [0.717, 1.165) is 25.0 Å². The molecule has 0 aromatic rings. The number of amides is 1. The smallest absolute Gasteiger partial charge is 0.207 e. The van der Waals surface area contributed by atoms with Crippen LogP contribution < -0.4 is 5.32 Å². The van der Waals surface area contributed by atoms with E-state index in [1.807, 2.05) is 11.8 Å². The summed E-state index contributed by atoms with van der Waals surface area (Å²) < 4.78 is 13.3. The number of halogens is 1. The molecule has 1 amide bonds. The van der Waals surface area contributed by atoms with Crippen molar-refractivity contribution in [2.45, 2.75) is 62.9 Å². The Kier molecular flexibility index (Phi) is 4.65. The molecule has 2 nitrogen and oxygen atoms in total. The lowest BCUT2D eigenvalue weighted by molar-refractivity contribution is -0.111. The highest BCUT2D eigenvalue weighted by Crippen LogP contribution is 2.36. The average Bonchev–Trinajstić information content (AvgIpc) is 2.19. The second kappa shape index (κ2) is 5.39. The molecule has 1 fully saturated rings. The summed E-state index contributed by atoms with van der Waals surface area (Å²) >= 11 is 1.84. The van der Waals surface area contributed by atoms with Crippen molar-refractivity contribution in [3.63, 3.8) is 0 Å². The van der Waals surface area contributed by atoms with E-state index in [1.54, 1.807) is 0 Å². The van der Waals surface area contributed by atoms with Crippen LogP contribution >= 0.6 is 11.8 Å². The van der Waals surface area contributed by atoms with Crippen LogP contribution in [0.2, 0.25) is 0 Å². The van der Waals surface area contributed by atoms with Crippen molar-refractivity contribution in [1.82, 2.24) is 5.32 Å². The summed E-state index contributed by atoms with van der Waals surface area (Å²) in [5.74, 6) is 0.877. The first-order chi connectivity index (χ1) is 7.37. The molecule has 0 aromatic carbocycles. The molecule has 4 heteroatoms. The van der Waals surface area contributed by atoms with Crippen LogP contribution in [0.4, 0.5) is 4.39 Å². The molecule has 1 aliphatic rings. The largest absolute Gasteiger partial charge is 0.352 e. The van der Waals surface area contributed by atoms with Crippen LogP contribution in [0, 0.1) is 0 Å². The maximum absolute atomic E-state index is 13.1. The maximum Gasteiger partial charge on any atom is 0.207 e. The third-order valence-corrected chi connectivity index (χ3v) is 4.58. The van der Waals surface area contributed by atoms with Crippen LogP contribution in [-0.2, 0) is 4.79 Å². The van der Waals surface area contributed by atoms with Gasteiger partial charge in [-0.05, 0) is 25.7 Å². The van der Waals surface area contributed by atoms with E-state index in [-0.39, 0.29) is 10.3 Å². The summed E-state index contributed by atoms with van der Waals surface area (Å²) in [7, 11) is 0. The van der Waals surface area contributed by atoms with Gasteiger partial charge in [0.15, 0.2) is 0 Å². The molecule has 1 rings (SSSR count). The molecule has 0 bridgehead atoms. The molecule has 0 radical (unpaired) electrons. The van der Waals surface area contributed by atoms with Crippen molar-refractivity contribution in [2.75, 3.05) is 5.75 Å². The molecule has 0 saturated heterocycles. The Labute approximate surface area is 102 Å². The fourth-order valence-electron chi connectivity index (χ4n) is 1.95. The summed E-state index contributed by atoms with van der Waals surface area (Å²) in [6.45, 7) is 6.48. The predicted octanol–water partition coefficient (Wildman–Crippen LogP) is 2.92. The van der Waals surface area contributed by atoms with Crippen molar-refractivity contribution in [1.29, 1.82) is 0 Å². The third kappa shape index (κ3) is 4.32. The number of nitrogens with one attached hydrogen (secondary N) is 1. The fourth-order valence-corrected chi connectivity index (χ4v) is 3.03. The second-order valence-electron chi connectivity index (χ2n) is 5.62. The summed E-state index contributed by atoms with van der Waals surface area (Å²) in [5.41, 5.74) is -0.178. The van der Waals surface area contributed by atoms with Crippen molar-refractivity contribution in [3.05, 3.63) is 0 Å². The summed E-state index contributed by atoms with van der Waals surface area (Å²) in [5, 5.41) is 2.92. The molecule has 0 aromatic heterocycles. The highest BCUT2D eigenvalue weighted by molar-refractivity contribution is 8.00. The van der Waals surface area contributed by atoms with E-state index < -0.39 is 6.17 Å². The number of thioether (sulfide) groups is 1. The lowest BCUT2D eigenvalue weighted by Gasteiger charge is -2.39. The Bertz CT molecular complexity index is 232. The fraction of sp³-hybridized carbons (Fsp3) is 0.917. The zero-order valence-corrected chi connectivity index (χ0v) is 11.2. The number of hydrogen-bond donors (Lipinski definition) is 1. The third-order valence-electron chi connectivity index (χ3n) is 3.02. The molecule has 1 aliphatic carbocycles. The first-order valence-corrected chi connectivity index (χ1v) is 6.85. The van der Waals surface area contributed by atoms with Gasteiger partial charge in [-0.3, -0.25) is 4.79 Å². The molecule has 0 heterocycles. The number of hydrogen-bond acceptors (Lipinski definition) is 2. The van der Waals surface area contributed by atoms with Gasteiger partial charge in [0.25, 0.3) is 0 Å². The highest BCUT2D eigenvalue weighted by Gasteiger charge is 2.36. The predicted molar refractivity (Wildman–Crippen MR) is 67.5 cm³/mol. The van der Waals surface area contributed by atoms with Crippen LogP contribution in [0.5, 0.6) is 0 Å². The first kappa shape index (κ1) is 13.8. The minimum absolute atomic E-state index is 0.178. The molecular weight excluding hydrogens is 225 g/mol. The summed E-state index contributed by atoms with van der Waals surface area (Å²) in [4.78, 5) is 10.7. The Balaban J connectivity index is 2.55. The van der Waals surface area contributed by atoms with Gasteiger partial charge in [-0.2, -0.15) is 11.8 Å². The van der Waals surface area contributed by atoms with Crippen LogP contribution in [-0.4, -0.2) is 28.6 Å². The molecule has 1 N–H and O–H groups in total. The summed E-state index contributed by atoms with van der Waals surface area (Å²) in [6.07, 6.45) is 2.76. The van der Waals surface area contributed by atoms with Gasteiger partial charge in [0, 0.05) is 16.0 Å². The molecule has 94 valence electrons. The van der Waals surface area contributed by atoms with E-state index >= 15 is 0 Å². The minimum atomic E-state index is -0.679. The molecule has 0 aliphatic heterocycles. The Morgan fingerprint density at radius 3 is 2.44 bits per heavy atom. The van der Waals surface area contributed by atoms with Crippen molar-refractivity contribution in [3.8, 4) is 0 Å². The molecular formula is C12H22FNOS. The van der Waals surface area contributed by atoms with E-state index in [1.165, 1.54) is 0 Å². The Morgan fingerprint density at radius 2 is 2.00 bits per heavy atom. The SMILES string of the molecule is CC(C)(C)SCC1(NC=O)CCC(F)CC1. The molecule has 0 atom stereocenters. The highest BCUT2D eigenvalue weighted by atomic mass is 32.2. The van der Waals surface area contributed by atoms with Gasteiger partial charge in [0.2, 0.25) is 6.41 Å². The minimum Gasteiger partial charge on any atom is -0.352 e. The number of carbonyl (C=O) groups is 1. The lowest BCUT2D eigenvalue weighted by atomic mass is 9.82. The second-order valence-corrected chi connectivity index (χ2v) is 7.42. The van der Waals surface area contributed by atoms with E-state index in [4.69, 9.17) is 0 Å². The standard InChI is InChI=1S/C12H22FNOS/c1-11(2,3)16-8-12(14-9-15)6-4-10(13)5-7-12/h9-10H,4-8H2,1-3H3,(H,14,15). The lowest BCUT2D eigenvalue weighted by Crippen LogP contribution is -2.50. The van der Waals surface area contributed by atoms with Gasteiger partial charge in [-0.25, -0.2) is 4.39 Å². The van der Waals surface area contributed by atoms with Gasteiger partial charge in [-0.1, -0.05) is 20.8 Å². The maximum atomic E-state index is 13.1. The molecule has 1 saturated carbocycles. The summed E-state index contributed by atoms with van der Waals surface area (Å²) in [6, 6.07) is 0. The Hall–Kier alpha value is -0.250. The number of carbonyl (C=O) groups excluding carboxylic acids is 1. The van der Waals surface area contributed by atoms with Crippen LogP contribution in [0.3, 0.4) is 0 Å². The van der Waals surface area contributed by atoms with E-state index in [9.17, 15) is 9.18 Å². The number of alkyl halides is 1. The van der Waals surface area contributed by atoms with Crippen LogP contribution in [0.15, 0.2) is 0 Å². The topological polar surface area (TPSA) is 29.1 Å². The monoisotopic (exact) mass is 247 g/mol. The zero-order chi connectivity index (χ0) is 12.2. The molecule has 0 unspecified atom stereocenters. The van der Waals surface area contributed by atoms with Gasteiger partial charge in [-0.15, -0.1) is 0 Å². The molecule has 0 spiro atoms.